The molecule has 116 valence electrons. The molecule has 0 bridgehead atoms. The highest BCUT2D eigenvalue weighted by molar-refractivity contribution is 5.67. The van der Waals surface area contributed by atoms with Gasteiger partial charge in [-0.2, -0.15) is 0 Å². The molecule has 0 saturated heterocycles. The number of benzene rings is 1. The summed E-state index contributed by atoms with van der Waals surface area (Å²) in [4.78, 5) is 11.6. The molecular formula is C17H26N2O2. The van der Waals surface area contributed by atoms with Crippen molar-refractivity contribution in [3.63, 3.8) is 0 Å². The first kappa shape index (κ1) is 15.8. The summed E-state index contributed by atoms with van der Waals surface area (Å²) in [6.07, 6.45) is 3.98. The van der Waals surface area contributed by atoms with Crippen LogP contribution in [-0.4, -0.2) is 24.3 Å². The molecule has 0 spiro atoms. The van der Waals surface area contributed by atoms with E-state index in [0.29, 0.717) is 6.54 Å². The molecule has 1 aromatic carbocycles. The fraction of sp³-hybridized carbons (Fsp3) is 0.588. The number of fused-ring (bicyclic) bond motifs is 1. The maximum Gasteiger partial charge on any atom is 0.407 e. The van der Waals surface area contributed by atoms with E-state index in [0.717, 1.165) is 6.42 Å². The molecule has 0 saturated carbocycles. The van der Waals surface area contributed by atoms with Gasteiger partial charge in [-0.25, -0.2) is 4.79 Å². The Balaban J connectivity index is 1.79. The Hall–Kier alpha value is -1.55. The first-order chi connectivity index (χ1) is 9.83. The molecule has 4 nitrogen and oxygen atoms in total. The lowest BCUT2D eigenvalue weighted by molar-refractivity contribution is 0.0524. The normalized spacial score (nSPS) is 15.4. The van der Waals surface area contributed by atoms with Gasteiger partial charge in [0.2, 0.25) is 0 Å². The molecule has 1 atom stereocenters. The number of rotatable bonds is 4. The summed E-state index contributed by atoms with van der Waals surface area (Å²) in [5.74, 6) is 0. The smallest absolute Gasteiger partial charge is 0.407 e. The topological polar surface area (TPSA) is 64.3 Å². The molecule has 1 aromatic rings. The molecule has 21 heavy (non-hydrogen) atoms. The third-order valence-corrected chi connectivity index (χ3v) is 3.57. The van der Waals surface area contributed by atoms with Crippen LogP contribution in [0.3, 0.4) is 0 Å². The highest BCUT2D eigenvalue weighted by Gasteiger charge is 2.17. The van der Waals surface area contributed by atoms with Crippen molar-refractivity contribution in [2.45, 2.75) is 58.1 Å². The van der Waals surface area contributed by atoms with Gasteiger partial charge in [0.05, 0.1) is 0 Å². The van der Waals surface area contributed by atoms with E-state index < -0.39 is 11.7 Å². The lowest BCUT2D eigenvalue weighted by atomic mass is 10.0. The van der Waals surface area contributed by atoms with Gasteiger partial charge in [0.1, 0.15) is 5.60 Å². The van der Waals surface area contributed by atoms with E-state index >= 15 is 0 Å². The average Bonchev–Trinajstić information content (AvgIpc) is 2.81. The van der Waals surface area contributed by atoms with Gasteiger partial charge in [0.25, 0.3) is 0 Å². The molecule has 0 aliphatic heterocycles. The van der Waals surface area contributed by atoms with Crippen LogP contribution in [0.2, 0.25) is 0 Å². The second-order valence-corrected chi connectivity index (χ2v) is 6.80. The summed E-state index contributed by atoms with van der Waals surface area (Å²) < 4.78 is 5.19. The quantitative estimate of drug-likeness (QED) is 0.895. The van der Waals surface area contributed by atoms with Crippen LogP contribution in [0.1, 0.15) is 43.9 Å². The van der Waals surface area contributed by atoms with Crippen molar-refractivity contribution in [3.8, 4) is 0 Å². The third-order valence-electron chi connectivity index (χ3n) is 3.57. The second-order valence-electron chi connectivity index (χ2n) is 6.80. The van der Waals surface area contributed by atoms with E-state index in [2.05, 4.69) is 23.5 Å². The number of ether oxygens (including phenoxy) is 1. The van der Waals surface area contributed by atoms with Crippen LogP contribution in [-0.2, 0) is 24.0 Å². The van der Waals surface area contributed by atoms with E-state index in [1.54, 1.807) is 0 Å². The summed E-state index contributed by atoms with van der Waals surface area (Å²) in [6.45, 7) is 5.96. The maximum atomic E-state index is 11.6. The van der Waals surface area contributed by atoms with Crippen LogP contribution in [0.4, 0.5) is 4.79 Å². The number of nitrogens with two attached hydrogens (primary N) is 1. The van der Waals surface area contributed by atoms with Gasteiger partial charge < -0.3 is 15.8 Å². The van der Waals surface area contributed by atoms with Gasteiger partial charge in [0.15, 0.2) is 0 Å². The number of carbonyl (C=O) groups is 1. The van der Waals surface area contributed by atoms with E-state index in [9.17, 15) is 4.79 Å². The molecule has 1 aliphatic rings. The van der Waals surface area contributed by atoms with Gasteiger partial charge in [-0.15, -0.1) is 0 Å². The number of aryl methyl sites for hydroxylation is 2. The summed E-state index contributed by atoms with van der Waals surface area (Å²) >= 11 is 0. The molecular weight excluding hydrogens is 264 g/mol. The molecule has 0 radical (unpaired) electrons. The highest BCUT2D eigenvalue weighted by Crippen LogP contribution is 2.23. The van der Waals surface area contributed by atoms with Crippen LogP contribution < -0.4 is 11.1 Å². The molecule has 0 fully saturated rings. The van der Waals surface area contributed by atoms with Crippen molar-refractivity contribution in [1.82, 2.24) is 5.32 Å². The first-order valence-electron chi connectivity index (χ1n) is 7.66. The van der Waals surface area contributed by atoms with Crippen molar-refractivity contribution in [2.75, 3.05) is 6.54 Å². The van der Waals surface area contributed by atoms with Crippen LogP contribution in [0, 0.1) is 0 Å². The molecule has 0 aromatic heterocycles. The van der Waals surface area contributed by atoms with Crippen molar-refractivity contribution in [1.29, 1.82) is 0 Å². The predicted octanol–water partition coefficient (Wildman–Crippen LogP) is 2.57. The Morgan fingerprint density at radius 1 is 1.33 bits per heavy atom. The molecule has 4 heteroatoms. The molecule has 1 amide bonds. The zero-order valence-electron chi connectivity index (χ0n) is 13.2. The number of amides is 1. The number of hydrogen-bond acceptors (Lipinski definition) is 3. The van der Waals surface area contributed by atoms with Gasteiger partial charge in [-0.05, 0) is 63.1 Å². The zero-order chi connectivity index (χ0) is 15.5. The lowest BCUT2D eigenvalue weighted by Crippen LogP contribution is -2.41. The first-order valence-corrected chi connectivity index (χ1v) is 7.66. The minimum Gasteiger partial charge on any atom is -0.444 e. The summed E-state index contributed by atoms with van der Waals surface area (Å²) in [6, 6.07) is 6.52. The minimum absolute atomic E-state index is 0.100. The molecule has 1 unspecified atom stereocenters. The highest BCUT2D eigenvalue weighted by atomic mass is 16.6. The molecule has 3 N–H and O–H groups in total. The Labute approximate surface area is 127 Å². The maximum absolute atomic E-state index is 11.6. The van der Waals surface area contributed by atoms with Gasteiger partial charge in [-0.1, -0.05) is 18.2 Å². The number of carbonyl (C=O) groups excluding carboxylic acids is 1. The largest absolute Gasteiger partial charge is 0.444 e. The molecule has 2 rings (SSSR count). The Bertz CT molecular complexity index is 506. The fourth-order valence-corrected chi connectivity index (χ4v) is 2.66. The van der Waals surface area contributed by atoms with Crippen molar-refractivity contribution in [2.24, 2.45) is 5.73 Å². The SMILES string of the molecule is CC(C)(C)OC(=O)NCC(N)Cc1ccc2c(c1)CCC2. The number of alkyl carbamates (subject to hydrolysis) is 1. The summed E-state index contributed by atoms with van der Waals surface area (Å²) in [5, 5.41) is 2.73. The van der Waals surface area contributed by atoms with Crippen molar-refractivity contribution >= 4 is 6.09 Å². The monoisotopic (exact) mass is 290 g/mol. The minimum atomic E-state index is -0.478. The fourth-order valence-electron chi connectivity index (χ4n) is 2.66. The van der Waals surface area contributed by atoms with E-state index in [1.807, 2.05) is 20.8 Å². The van der Waals surface area contributed by atoms with Crippen LogP contribution in [0.5, 0.6) is 0 Å². The lowest BCUT2D eigenvalue weighted by Gasteiger charge is -2.21. The number of hydrogen-bond donors (Lipinski definition) is 2. The van der Waals surface area contributed by atoms with Crippen molar-refractivity contribution in [3.05, 3.63) is 34.9 Å². The van der Waals surface area contributed by atoms with Crippen molar-refractivity contribution < 1.29 is 9.53 Å². The second kappa shape index (κ2) is 6.48. The van der Waals surface area contributed by atoms with Crippen LogP contribution >= 0.6 is 0 Å². The zero-order valence-corrected chi connectivity index (χ0v) is 13.2. The van der Waals surface area contributed by atoms with E-state index in [-0.39, 0.29) is 6.04 Å². The van der Waals surface area contributed by atoms with E-state index in [4.69, 9.17) is 10.5 Å². The summed E-state index contributed by atoms with van der Waals surface area (Å²) in [7, 11) is 0. The third kappa shape index (κ3) is 5.05. The van der Waals surface area contributed by atoms with Gasteiger partial charge >= 0.3 is 6.09 Å². The molecule has 0 heterocycles. The van der Waals surface area contributed by atoms with E-state index in [1.165, 1.54) is 36.0 Å². The van der Waals surface area contributed by atoms with Gasteiger partial charge in [0, 0.05) is 12.6 Å². The standard InChI is InChI=1S/C17H26N2O2/c1-17(2,3)21-16(20)19-11-15(18)10-12-7-8-13-5-4-6-14(13)9-12/h7-9,15H,4-6,10-11,18H2,1-3H3,(H,19,20). The Morgan fingerprint density at radius 2 is 2.05 bits per heavy atom. The number of nitrogens with one attached hydrogen (secondary N) is 1. The summed E-state index contributed by atoms with van der Waals surface area (Å²) in [5.41, 5.74) is 9.79. The Morgan fingerprint density at radius 3 is 2.76 bits per heavy atom. The van der Waals surface area contributed by atoms with Crippen LogP contribution in [0.15, 0.2) is 18.2 Å². The van der Waals surface area contributed by atoms with Gasteiger partial charge in [-0.3, -0.25) is 0 Å². The van der Waals surface area contributed by atoms with Crippen LogP contribution in [0.25, 0.3) is 0 Å². The Kier molecular flexibility index (Phi) is 4.88. The molecule has 1 aliphatic carbocycles. The average molecular weight is 290 g/mol. The predicted molar refractivity (Wildman–Crippen MR) is 84.4 cm³/mol.